The summed E-state index contributed by atoms with van der Waals surface area (Å²) in [6, 6.07) is 7.95. The van der Waals surface area contributed by atoms with Gasteiger partial charge >= 0.3 is 0 Å². The van der Waals surface area contributed by atoms with E-state index in [1.54, 1.807) is 13.3 Å². The third kappa shape index (κ3) is 2.44. The number of ether oxygens (including phenoxy) is 1. The fraction of sp³-hybridized carbons (Fsp3) is 0.158. The first kappa shape index (κ1) is 14.5. The molecule has 4 rings (SSSR count). The zero-order valence-electron chi connectivity index (χ0n) is 13.8. The zero-order valence-corrected chi connectivity index (χ0v) is 13.8. The molecule has 0 radical (unpaired) electrons. The maximum absolute atomic E-state index is 5.52. The van der Waals surface area contributed by atoms with E-state index in [1.165, 1.54) is 5.56 Å². The van der Waals surface area contributed by atoms with Crippen molar-refractivity contribution in [2.45, 2.75) is 13.8 Å². The van der Waals surface area contributed by atoms with E-state index in [4.69, 9.17) is 4.74 Å². The highest BCUT2D eigenvalue weighted by molar-refractivity contribution is 5.76. The molecule has 3 aromatic heterocycles. The summed E-state index contributed by atoms with van der Waals surface area (Å²) in [5, 5.41) is 3.61. The molecular weight excluding hydrogens is 300 g/mol. The highest BCUT2D eigenvalue weighted by Crippen LogP contribution is 2.10. The van der Waals surface area contributed by atoms with Crippen molar-refractivity contribution in [1.29, 1.82) is 0 Å². The van der Waals surface area contributed by atoms with Crippen molar-refractivity contribution < 1.29 is 4.74 Å². The van der Waals surface area contributed by atoms with Gasteiger partial charge in [0.25, 0.3) is 0 Å². The number of nitrogens with one attached hydrogen (secondary N) is 2. The van der Waals surface area contributed by atoms with Crippen LogP contribution >= 0.6 is 0 Å². The second-order valence-corrected chi connectivity index (χ2v) is 5.91. The van der Waals surface area contributed by atoms with Crippen LogP contribution in [-0.4, -0.2) is 22.1 Å². The summed E-state index contributed by atoms with van der Waals surface area (Å²) in [6.07, 6.45) is 5.82. The number of methoxy groups -OCH3 is 1. The van der Waals surface area contributed by atoms with Gasteiger partial charge in [-0.25, -0.2) is 4.99 Å². The number of H-pyrrole nitrogens is 2. The molecule has 0 aliphatic carbocycles. The molecule has 0 unspecified atom stereocenters. The van der Waals surface area contributed by atoms with Crippen LogP contribution in [0.3, 0.4) is 0 Å². The Morgan fingerprint density at radius 1 is 1.17 bits per heavy atom. The van der Waals surface area contributed by atoms with E-state index in [9.17, 15) is 0 Å². The lowest BCUT2D eigenvalue weighted by Gasteiger charge is -1.94. The van der Waals surface area contributed by atoms with E-state index in [0.29, 0.717) is 0 Å². The van der Waals surface area contributed by atoms with Crippen molar-refractivity contribution in [2.24, 2.45) is 4.99 Å². The highest BCUT2D eigenvalue weighted by Gasteiger charge is 2.07. The molecular formula is C19H18N4O. The fourth-order valence-corrected chi connectivity index (χ4v) is 2.95. The Kier molecular flexibility index (Phi) is 3.34. The van der Waals surface area contributed by atoms with E-state index in [2.05, 4.69) is 39.0 Å². The zero-order chi connectivity index (χ0) is 16.7. The topological polar surface area (TPSA) is 66.1 Å². The molecule has 5 nitrogen and oxygen atoms in total. The van der Waals surface area contributed by atoms with Gasteiger partial charge in [-0.1, -0.05) is 0 Å². The predicted octanol–water partition coefficient (Wildman–Crippen LogP) is 0.414. The van der Waals surface area contributed by atoms with Gasteiger partial charge in [-0.2, -0.15) is 0 Å². The van der Waals surface area contributed by atoms with Gasteiger partial charge in [0.15, 0.2) is 0 Å². The molecule has 1 aliphatic rings. The predicted molar refractivity (Wildman–Crippen MR) is 93.3 cm³/mol. The van der Waals surface area contributed by atoms with Crippen molar-refractivity contribution >= 4 is 17.8 Å². The van der Waals surface area contributed by atoms with Crippen LogP contribution in [0.4, 0.5) is 0 Å². The van der Waals surface area contributed by atoms with Gasteiger partial charge in [0.1, 0.15) is 5.75 Å². The minimum atomic E-state index is 0.789. The van der Waals surface area contributed by atoms with Crippen LogP contribution in [0.25, 0.3) is 17.8 Å². The molecule has 2 N–H and O–H groups in total. The molecule has 4 heterocycles. The first-order valence-electron chi connectivity index (χ1n) is 7.81. The van der Waals surface area contributed by atoms with Gasteiger partial charge < -0.3 is 14.7 Å². The largest absolute Gasteiger partial charge is 0.494 e. The average molecular weight is 318 g/mol. The second kappa shape index (κ2) is 5.53. The van der Waals surface area contributed by atoms with Gasteiger partial charge in [-0.3, -0.25) is 4.98 Å². The summed E-state index contributed by atoms with van der Waals surface area (Å²) < 4.78 is 5.52. The molecule has 5 heteroatoms. The third-order valence-corrected chi connectivity index (χ3v) is 4.12. The quantitative estimate of drug-likeness (QED) is 0.719. The van der Waals surface area contributed by atoms with Crippen molar-refractivity contribution in [3.8, 4) is 5.75 Å². The molecule has 120 valence electrons. The molecule has 0 aromatic carbocycles. The van der Waals surface area contributed by atoms with Gasteiger partial charge in [0.2, 0.25) is 0 Å². The van der Waals surface area contributed by atoms with Crippen molar-refractivity contribution in [3.63, 3.8) is 0 Å². The Morgan fingerprint density at radius 2 is 2.04 bits per heavy atom. The lowest BCUT2D eigenvalue weighted by atomic mass is 10.2. The Labute approximate surface area is 138 Å². The monoisotopic (exact) mass is 318 g/mol. The van der Waals surface area contributed by atoms with Crippen LogP contribution in [0, 0.1) is 13.8 Å². The average Bonchev–Trinajstić information content (AvgIpc) is 3.24. The SMILES string of the molecule is COc1c/c(=C2/C=c3ncccc3=N2)[nH]/c1=C\c1[nH]c(C)cc1C. The van der Waals surface area contributed by atoms with Crippen molar-refractivity contribution in [3.05, 3.63) is 68.8 Å². The molecule has 1 aliphatic heterocycles. The van der Waals surface area contributed by atoms with E-state index in [-0.39, 0.29) is 0 Å². The van der Waals surface area contributed by atoms with E-state index >= 15 is 0 Å². The van der Waals surface area contributed by atoms with Crippen LogP contribution in [0.2, 0.25) is 0 Å². The summed E-state index contributed by atoms with van der Waals surface area (Å²) in [4.78, 5) is 15.7. The Bertz CT molecular complexity index is 1130. The standard InChI is InChI=1S/C19H18N4O/c1-11-7-12(2)21-14(11)8-18-19(24-3)10-17(23-18)16-9-15-13(22-16)5-4-6-20-15/h4-10,21,23H,1-3H3/b17-16+,18-8-. The smallest absolute Gasteiger partial charge is 0.144 e. The fourth-order valence-electron chi connectivity index (χ4n) is 2.95. The molecule has 24 heavy (non-hydrogen) atoms. The molecule has 0 saturated carbocycles. The van der Waals surface area contributed by atoms with Crippen molar-refractivity contribution in [2.75, 3.05) is 7.11 Å². The van der Waals surface area contributed by atoms with Crippen LogP contribution in [0.15, 0.2) is 35.5 Å². The van der Waals surface area contributed by atoms with Crippen LogP contribution in [-0.2, 0) is 0 Å². The summed E-state index contributed by atoms with van der Waals surface area (Å²) in [7, 11) is 1.67. The lowest BCUT2D eigenvalue weighted by Crippen LogP contribution is -2.23. The Hall–Kier alpha value is -3.08. The molecule has 0 saturated heterocycles. The maximum Gasteiger partial charge on any atom is 0.144 e. The molecule has 0 atom stereocenters. The number of aromatic nitrogens is 3. The van der Waals surface area contributed by atoms with Gasteiger partial charge in [-0.05, 0) is 49.8 Å². The summed E-state index contributed by atoms with van der Waals surface area (Å²) >= 11 is 0. The number of fused-ring (bicyclic) bond motifs is 1. The summed E-state index contributed by atoms with van der Waals surface area (Å²) in [5.41, 5.74) is 4.27. The molecule has 0 bridgehead atoms. The normalized spacial score (nSPS) is 15.9. The second-order valence-electron chi connectivity index (χ2n) is 5.91. The maximum atomic E-state index is 5.52. The lowest BCUT2D eigenvalue weighted by molar-refractivity contribution is 0.412. The first-order valence-corrected chi connectivity index (χ1v) is 7.81. The number of rotatable bonds is 2. The summed E-state index contributed by atoms with van der Waals surface area (Å²) in [6.45, 7) is 4.14. The minimum absolute atomic E-state index is 0.789. The Balaban J connectivity index is 1.93. The van der Waals surface area contributed by atoms with Gasteiger partial charge in [0.05, 0.1) is 34.2 Å². The molecule has 3 aromatic rings. The number of aromatic amines is 2. The first-order chi connectivity index (χ1) is 11.6. The number of pyridine rings is 1. The molecule has 0 fully saturated rings. The van der Waals surface area contributed by atoms with Crippen LogP contribution < -0.4 is 26.1 Å². The number of hydrogen-bond acceptors (Lipinski definition) is 3. The van der Waals surface area contributed by atoms with Crippen LogP contribution in [0.5, 0.6) is 5.75 Å². The van der Waals surface area contributed by atoms with Gasteiger partial charge in [-0.15, -0.1) is 0 Å². The van der Waals surface area contributed by atoms with Crippen LogP contribution in [0.1, 0.15) is 17.0 Å². The van der Waals surface area contributed by atoms with E-state index < -0.39 is 0 Å². The summed E-state index contributed by atoms with van der Waals surface area (Å²) in [5.74, 6) is 0.789. The number of hydrogen-bond donors (Lipinski definition) is 2. The van der Waals surface area contributed by atoms with Gasteiger partial charge in [0, 0.05) is 23.7 Å². The number of aryl methyl sites for hydroxylation is 2. The highest BCUT2D eigenvalue weighted by atomic mass is 16.5. The van der Waals surface area contributed by atoms with E-state index in [1.807, 2.05) is 31.2 Å². The van der Waals surface area contributed by atoms with E-state index in [0.717, 1.165) is 44.2 Å². The molecule has 0 amide bonds. The Morgan fingerprint density at radius 3 is 2.75 bits per heavy atom. The minimum Gasteiger partial charge on any atom is -0.494 e. The van der Waals surface area contributed by atoms with Crippen molar-refractivity contribution in [1.82, 2.24) is 15.0 Å². The number of nitrogens with zero attached hydrogens (tertiary/aromatic N) is 2. The molecule has 0 spiro atoms. The third-order valence-electron chi connectivity index (χ3n) is 4.12.